The number of rotatable bonds is 3. The Balaban J connectivity index is 2.11. The summed E-state index contributed by atoms with van der Waals surface area (Å²) in [5, 5.41) is 5.05. The summed E-state index contributed by atoms with van der Waals surface area (Å²) in [7, 11) is -3.90. The van der Waals surface area contributed by atoms with Crippen LogP contribution in [-0.2, 0) is 22.4 Å². The van der Waals surface area contributed by atoms with E-state index in [0.717, 1.165) is 6.07 Å². The molecule has 0 aromatic heterocycles. The minimum Gasteiger partial charge on any atom is -0.225 e. The van der Waals surface area contributed by atoms with Crippen LogP contribution in [0.15, 0.2) is 47.4 Å². The van der Waals surface area contributed by atoms with Crippen molar-refractivity contribution in [3.8, 4) is 0 Å². The van der Waals surface area contributed by atoms with E-state index < -0.39 is 33.5 Å². The van der Waals surface area contributed by atoms with Gasteiger partial charge in [0.2, 0.25) is 10.0 Å². The molecule has 2 N–H and O–H groups in total. The van der Waals surface area contributed by atoms with Crippen molar-refractivity contribution in [3.63, 3.8) is 0 Å². The van der Waals surface area contributed by atoms with Crippen LogP contribution in [0.3, 0.4) is 0 Å². The molecule has 29 heavy (non-hydrogen) atoms. The van der Waals surface area contributed by atoms with E-state index in [2.05, 4.69) is 0 Å². The Hall–Kier alpha value is -2.33. The van der Waals surface area contributed by atoms with Crippen LogP contribution in [0.25, 0.3) is 11.1 Å². The Morgan fingerprint density at radius 2 is 1.21 bits per heavy atom. The molecule has 10 heteroatoms. The van der Waals surface area contributed by atoms with Crippen molar-refractivity contribution in [3.05, 3.63) is 64.7 Å². The van der Waals surface area contributed by atoms with Gasteiger partial charge in [-0.15, -0.1) is 0 Å². The maximum absolute atomic E-state index is 13.2. The average molecular weight is 435 g/mol. The largest absolute Gasteiger partial charge is 0.417 e. The lowest BCUT2D eigenvalue weighted by Gasteiger charge is -2.17. The van der Waals surface area contributed by atoms with Gasteiger partial charge in [0.05, 0.1) is 16.0 Å². The molecule has 3 nitrogen and oxygen atoms in total. The first-order valence-corrected chi connectivity index (χ1v) is 9.97. The van der Waals surface area contributed by atoms with E-state index in [1.807, 2.05) is 0 Å². The Morgan fingerprint density at radius 1 is 0.724 bits per heavy atom. The second-order valence-corrected chi connectivity index (χ2v) is 8.20. The summed E-state index contributed by atoms with van der Waals surface area (Å²) in [5.41, 5.74) is -1.64. The molecule has 0 fully saturated rings. The fourth-order valence-electron chi connectivity index (χ4n) is 3.44. The van der Waals surface area contributed by atoms with Crippen LogP contribution in [0.5, 0.6) is 0 Å². The number of halogens is 6. The van der Waals surface area contributed by atoms with Gasteiger partial charge in [0.15, 0.2) is 0 Å². The van der Waals surface area contributed by atoms with Gasteiger partial charge in [-0.3, -0.25) is 0 Å². The molecule has 156 valence electrons. The van der Waals surface area contributed by atoms with Crippen molar-refractivity contribution in [2.45, 2.75) is 36.5 Å². The normalized spacial score (nSPS) is 15.8. The number of benzene rings is 2. The van der Waals surface area contributed by atoms with Gasteiger partial charge in [0, 0.05) is 0 Å². The third-order valence-electron chi connectivity index (χ3n) is 4.73. The van der Waals surface area contributed by atoms with Crippen LogP contribution in [0, 0.1) is 0 Å². The standard InChI is InChI=1S/C19H15F6NO2S/c20-18(21,22)16-9-6-12(10-17(16)19(23,24)25)15-3-1-2-14(15)11-4-7-13(8-5-11)29(26,27)28/h4-10H,1-3H2,(H2,26,27,28). The molecule has 0 saturated heterocycles. The molecule has 0 saturated carbocycles. The van der Waals surface area contributed by atoms with Crippen LogP contribution < -0.4 is 5.14 Å². The van der Waals surface area contributed by atoms with Crippen LogP contribution >= 0.6 is 0 Å². The third-order valence-corrected chi connectivity index (χ3v) is 5.66. The zero-order valence-corrected chi connectivity index (χ0v) is 15.5. The van der Waals surface area contributed by atoms with Gasteiger partial charge in [-0.25, -0.2) is 13.6 Å². The van der Waals surface area contributed by atoms with Crippen molar-refractivity contribution in [2.75, 3.05) is 0 Å². The van der Waals surface area contributed by atoms with E-state index in [0.29, 0.717) is 48.1 Å². The summed E-state index contributed by atoms with van der Waals surface area (Å²) >= 11 is 0. The molecule has 0 unspecified atom stereocenters. The summed E-state index contributed by atoms with van der Waals surface area (Å²) in [4.78, 5) is -0.115. The molecule has 0 spiro atoms. The predicted octanol–water partition coefficient (Wildman–Crippen LogP) is 5.47. The highest BCUT2D eigenvalue weighted by Gasteiger charge is 2.43. The van der Waals surface area contributed by atoms with Crippen LogP contribution in [0.1, 0.15) is 41.5 Å². The van der Waals surface area contributed by atoms with Gasteiger partial charge < -0.3 is 0 Å². The van der Waals surface area contributed by atoms with Crippen molar-refractivity contribution in [1.82, 2.24) is 0 Å². The maximum Gasteiger partial charge on any atom is 0.417 e. The third kappa shape index (κ3) is 4.48. The van der Waals surface area contributed by atoms with Crippen molar-refractivity contribution in [2.24, 2.45) is 5.14 Å². The molecule has 0 bridgehead atoms. The Bertz CT molecular complexity index is 1070. The second kappa shape index (κ2) is 7.17. The van der Waals surface area contributed by atoms with E-state index in [9.17, 15) is 34.8 Å². The lowest BCUT2D eigenvalue weighted by molar-refractivity contribution is -0.162. The molecular formula is C19H15F6NO2S. The highest BCUT2D eigenvalue weighted by Crippen LogP contribution is 2.44. The quantitative estimate of drug-likeness (QED) is 0.651. The van der Waals surface area contributed by atoms with Crippen molar-refractivity contribution in [1.29, 1.82) is 0 Å². The minimum atomic E-state index is -5.16. The highest BCUT2D eigenvalue weighted by molar-refractivity contribution is 7.89. The Labute approximate surface area is 162 Å². The predicted molar refractivity (Wildman–Crippen MR) is 94.9 cm³/mol. The zero-order valence-electron chi connectivity index (χ0n) is 14.7. The smallest absolute Gasteiger partial charge is 0.225 e. The number of sulfonamides is 1. The molecule has 2 aromatic rings. The summed E-state index contributed by atoms with van der Waals surface area (Å²) in [6, 6.07) is 7.54. The molecule has 0 aliphatic heterocycles. The molecule has 1 aliphatic rings. The first-order chi connectivity index (χ1) is 13.3. The van der Waals surface area contributed by atoms with Crippen LogP contribution in [0.2, 0.25) is 0 Å². The minimum absolute atomic E-state index is 0.0633. The first kappa shape index (κ1) is 21.4. The molecule has 0 heterocycles. The van der Waals surface area contributed by atoms with Gasteiger partial charge in [-0.05, 0) is 65.8 Å². The lowest BCUT2D eigenvalue weighted by Crippen LogP contribution is -2.16. The van der Waals surface area contributed by atoms with Crippen LogP contribution in [-0.4, -0.2) is 8.42 Å². The Morgan fingerprint density at radius 3 is 1.69 bits per heavy atom. The van der Waals surface area contributed by atoms with Gasteiger partial charge in [-0.2, -0.15) is 26.3 Å². The number of primary sulfonamides is 1. The molecule has 1 aliphatic carbocycles. The highest BCUT2D eigenvalue weighted by atomic mass is 32.2. The topological polar surface area (TPSA) is 60.2 Å². The van der Waals surface area contributed by atoms with Gasteiger partial charge >= 0.3 is 12.4 Å². The zero-order chi connectivity index (χ0) is 21.6. The maximum atomic E-state index is 13.2. The van der Waals surface area contributed by atoms with Crippen molar-refractivity contribution >= 4 is 21.2 Å². The van der Waals surface area contributed by atoms with E-state index in [4.69, 9.17) is 5.14 Å². The summed E-state index contributed by atoms with van der Waals surface area (Å²) in [5.74, 6) is 0. The fraction of sp³-hybridized carbons (Fsp3) is 0.263. The first-order valence-electron chi connectivity index (χ1n) is 8.42. The van der Waals surface area contributed by atoms with Crippen LogP contribution in [0.4, 0.5) is 26.3 Å². The lowest BCUT2D eigenvalue weighted by atomic mass is 9.94. The molecular weight excluding hydrogens is 420 g/mol. The number of nitrogens with two attached hydrogens (primary N) is 1. The molecule has 2 aromatic carbocycles. The number of allylic oxidation sites excluding steroid dienone is 2. The summed E-state index contributed by atoms with van der Waals surface area (Å²) < 4.78 is 101. The van der Waals surface area contributed by atoms with E-state index in [-0.39, 0.29) is 10.5 Å². The van der Waals surface area contributed by atoms with Gasteiger partial charge in [0.1, 0.15) is 0 Å². The van der Waals surface area contributed by atoms with Gasteiger partial charge in [0.25, 0.3) is 0 Å². The summed E-state index contributed by atoms with van der Waals surface area (Å²) in [6.07, 6.45) is -8.76. The molecule has 0 radical (unpaired) electrons. The molecule has 3 rings (SSSR count). The number of hydrogen-bond donors (Lipinski definition) is 1. The van der Waals surface area contributed by atoms with E-state index in [1.54, 1.807) is 0 Å². The van der Waals surface area contributed by atoms with E-state index >= 15 is 0 Å². The van der Waals surface area contributed by atoms with Crippen molar-refractivity contribution < 1.29 is 34.8 Å². The second-order valence-electron chi connectivity index (χ2n) is 6.64. The van der Waals surface area contributed by atoms with Gasteiger partial charge in [-0.1, -0.05) is 18.2 Å². The average Bonchev–Trinajstić information content (AvgIpc) is 3.09. The number of hydrogen-bond acceptors (Lipinski definition) is 2. The van der Waals surface area contributed by atoms with E-state index in [1.165, 1.54) is 24.3 Å². The molecule has 0 atom stereocenters. The SMILES string of the molecule is NS(=O)(=O)c1ccc(C2=C(c3ccc(C(F)(F)F)c(C(F)(F)F)c3)CCC2)cc1. The Kier molecular flexibility index (Phi) is 5.29. The monoisotopic (exact) mass is 435 g/mol. The fourth-order valence-corrected chi connectivity index (χ4v) is 3.96. The number of alkyl halides is 6. The summed E-state index contributed by atoms with van der Waals surface area (Å²) in [6.45, 7) is 0. The molecule has 0 amide bonds.